The Bertz CT molecular complexity index is 302. The van der Waals surface area contributed by atoms with E-state index in [-0.39, 0.29) is 0 Å². The Kier molecular flexibility index (Phi) is 3.80. The molecule has 0 N–H and O–H groups in total. The van der Waals surface area contributed by atoms with Gasteiger partial charge in [-0.15, -0.1) is 0 Å². The van der Waals surface area contributed by atoms with Crippen LogP contribution < -0.4 is 0 Å². The Balaban J connectivity index is 1.36. The van der Waals surface area contributed by atoms with Crippen LogP contribution in [0.5, 0.6) is 0 Å². The van der Waals surface area contributed by atoms with Gasteiger partial charge in [-0.1, -0.05) is 53.4 Å². The number of fused-ring (bicyclic) bond motifs is 4. The third-order valence-corrected chi connectivity index (χ3v) is 12.7. The minimum absolute atomic E-state index is 0.807. The first-order chi connectivity index (χ1) is 8.74. The number of hydrogen-bond donors (Lipinski definition) is 0. The molecular formula is C14H20Br2S2. The first-order valence-electron chi connectivity index (χ1n) is 7.34. The lowest BCUT2D eigenvalue weighted by molar-refractivity contribution is 0.507. The molecule has 0 aromatic heterocycles. The van der Waals surface area contributed by atoms with Crippen LogP contribution >= 0.6 is 53.4 Å². The molecule has 0 aromatic carbocycles. The second-order valence-electron chi connectivity index (χ2n) is 6.68. The maximum Gasteiger partial charge on any atom is 0.0307 e. The molecule has 0 spiro atoms. The summed E-state index contributed by atoms with van der Waals surface area (Å²) in [7, 11) is 4.47. The highest BCUT2D eigenvalue weighted by atomic mass is 79.9. The number of rotatable bonds is 3. The van der Waals surface area contributed by atoms with Crippen molar-refractivity contribution in [2.45, 2.75) is 58.7 Å². The molecule has 4 fully saturated rings. The average molecular weight is 412 g/mol. The Morgan fingerprint density at radius 1 is 0.611 bits per heavy atom. The van der Waals surface area contributed by atoms with Crippen molar-refractivity contribution in [3.05, 3.63) is 0 Å². The van der Waals surface area contributed by atoms with Gasteiger partial charge in [-0.05, 0) is 62.2 Å². The summed E-state index contributed by atoms with van der Waals surface area (Å²) in [6.07, 6.45) is 8.97. The van der Waals surface area contributed by atoms with Crippen LogP contribution in [0, 0.1) is 23.7 Å². The molecule has 4 heteroatoms. The van der Waals surface area contributed by atoms with E-state index in [9.17, 15) is 0 Å². The van der Waals surface area contributed by atoms with Crippen LogP contribution in [0.1, 0.15) is 38.5 Å². The summed E-state index contributed by atoms with van der Waals surface area (Å²) < 4.78 is 0. The molecule has 0 radical (unpaired) electrons. The molecule has 4 rings (SSSR count). The molecular weight excluding hydrogens is 392 g/mol. The lowest BCUT2D eigenvalue weighted by atomic mass is 10.0. The zero-order valence-electron chi connectivity index (χ0n) is 10.4. The van der Waals surface area contributed by atoms with Gasteiger partial charge in [0.2, 0.25) is 0 Å². The summed E-state index contributed by atoms with van der Waals surface area (Å²) in [5, 5.41) is 1.79. The van der Waals surface area contributed by atoms with Gasteiger partial charge in [0, 0.05) is 20.2 Å². The van der Waals surface area contributed by atoms with E-state index in [2.05, 4.69) is 53.4 Å². The molecule has 4 saturated carbocycles. The minimum Gasteiger partial charge on any atom is -0.0889 e. The first-order valence-corrected chi connectivity index (χ1v) is 11.4. The monoisotopic (exact) mass is 410 g/mol. The van der Waals surface area contributed by atoms with E-state index in [1.54, 1.807) is 0 Å². The molecule has 0 unspecified atom stereocenters. The van der Waals surface area contributed by atoms with Crippen molar-refractivity contribution in [3.8, 4) is 0 Å². The first kappa shape index (κ1) is 13.3. The van der Waals surface area contributed by atoms with Crippen LogP contribution in [-0.4, -0.2) is 20.2 Å². The number of hydrogen-bond acceptors (Lipinski definition) is 2. The van der Waals surface area contributed by atoms with Gasteiger partial charge in [0.1, 0.15) is 0 Å². The molecule has 0 aliphatic heterocycles. The quantitative estimate of drug-likeness (QED) is 0.444. The SMILES string of the molecule is Br[C@@H]1[C@@H]2CC[C@@H](C2)[C@H]1SS[C@@H]1[C@H]2CC[C@H](C2)[C@H]1Br. The van der Waals surface area contributed by atoms with Crippen LogP contribution in [0.2, 0.25) is 0 Å². The van der Waals surface area contributed by atoms with Crippen LogP contribution in [0.15, 0.2) is 0 Å². The summed E-state index contributed by atoms with van der Waals surface area (Å²) in [5.41, 5.74) is 0. The van der Waals surface area contributed by atoms with E-state index in [0.717, 1.165) is 43.8 Å². The molecule has 0 heterocycles. The van der Waals surface area contributed by atoms with E-state index < -0.39 is 0 Å². The summed E-state index contributed by atoms with van der Waals surface area (Å²) in [4.78, 5) is 1.61. The molecule has 0 saturated heterocycles. The van der Waals surface area contributed by atoms with Gasteiger partial charge in [0.05, 0.1) is 0 Å². The Hall–Kier alpha value is 1.66. The van der Waals surface area contributed by atoms with Gasteiger partial charge < -0.3 is 0 Å². The van der Waals surface area contributed by atoms with E-state index in [0.29, 0.717) is 0 Å². The Labute approximate surface area is 135 Å². The maximum absolute atomic E-state index is 3.98. The molecule has 4 aliphatic carbocycles. The van der Waals surface area contributed by atoms with Gasteiger partial charge in [-0.2, -0.15) is 0 Å². The fraction of sp³-hybridized carbons (Fsp3) is 1.00. The average Bonchev–Trinajstić information content (AvgIpc) is 3.08. The predicted molar refractivity (Wildman–Crippen MR) is 89.9 cm³/mol. The van der Waals surface area contributed by atoms with Crippen LogP contribution in [0.4, 0.5) is 0 Å². The van der Waals surface area contributed by atoms with E-state index in [4.69, 9.17) is 0 Å². The van der Waals surface area contributed by atoms with Gasteiger partial charge >= 0.3 is 0 Å². The Morgan fingerprint density at radius 3 is 1.33 bits per heavy atom. The number of halogens is 2. The van der Waals surface area contributed by atoms with Crippen LogP contribution in [-0.2, 0) is 0 Å². The standard InChI is InChI=1S/C14H20Br2S2/c15-11-7-1-3-9(5-7)13(11)17-18-14-10-4-2-8(6-10)12(14)16/h7-14H,1-6H2/t7-,8-,9+,10+,11-,12-,13-,14-/m1/s1. The molecule has 18 heavy (non-hydrogen) atoms. The highest BCUT2D eigenvalue weighted by Crippen LogP contribution is 2.60. The van der Waals surface area contributed by atoms with Gasteiger partial charge in [0.25, 0.3) is 0 Å². The Morgan fingerprint density at radius 2 is 1.00 bits per heavy atom. The molecule has 0 aromatic rings. The van der Waals surface area contributed by atoms with E-state index >= 15 is 0 Å². The van der Waals surface area contributed by atoms with Crippen molar-refractivity contribution in [1.82, 2.24) is 0 Å². The predicted octanol–water partition coefficient (Wildman–Crippen LogP) is 5.49. The zero-order valence-corrected chi connectivity index (χ0v) is 15.2. The molecule has 0 amide bonds. The second-order valence-corrected chi connectivity index (χ2v) is 11.4. The van der Waals surface area contributed by atoms with Gasteiger partial charge in [-0.3, -0.25) is 0 Å². The highest BCUT2D eigenvalue weighted by Gasteiger charge is 2.50. The van der Waals surface area contributed by atoms with Crippen molar-refractivity contribution in [3.63, 3.8) is 0 Å². The molecule has 4 aliphatic rings. The minimum atomic E-state index is 0.807. The molecule has 102 valence electrons. The molecule has 0 nitrogen and oxygen atoms in total. The second kappa shape index (κ2) is 5.14. The lowest BCUT2D eigenvalue weighted by Gasteiger charge is -2.30. The van der Waals surface area contributed by atoms with Crippen LogP contribution in [0.25, 0.3) is 0 Å². The van der Waals surface area contributed by atoms with Crippen molar-refractivity contribution >= 4 is 53.4 Å². The fourth-order valence-corrected chi connectivity index (χ4v) is 12.2. The van der Waals surface area contributed by atoms with Crippen molar-refractivity contribution in [2.75, 3.05) is 0 Å². The third kappa shape index (κ3) is 2.07. The largest absolute Gasteiger partial charge is 0.0889 e. The highest BCUT2D eigenvalue weighted by molar-refractivity contribution is 9.10. The smallest absolute Gasteiger partial charge is 0.0307 e. The van der Waals surface area contributed by atoms with E-state index in [1.165, 1.54) is 38.5 Å². The summed E-state index contributed by atoms with van der Waals surface area (Å²) in [6.45, 7) is 0. The van der Waals surface area contributed by atoms with Crippen LogP contribution in [0.3, 0.4) is 0 Å². The van der Waals surface area contributed by atoms with Crippen molar-refractivity contribution in [1.29, 1.82) is 0 Å². The number of alkyl halides is 2. The molecule has 4 bridgehead atoms. The topological polar surface area (TPSA) is 0 Å². The van der Waals surface area contributed by atoms with Gasteiger partial charge in [0.15, 0.2) is 0 Å². The zero-order chi connectivity index (χ0) is 12.3. The van der Waals surface area contributed by atoms with E-state index in [1.807, 2.05) is 0 Å². The lowest BCUT2D eigenvalue weighted by Crippen LogP contribution is -2.27. The maximum atomic E-state index is 3.98. The molecule has 8 atom stereocenters. The van der Waals surface area contributed by atoms with Crippen molar-refractivity contribution in [2.24, 2.45) is 23.7 Å². The third-order valence-electron chi connectivity index (χ3n) is 5.76. The van der Waals surface area contributed by atoms with Gasteiger partial charge in [-0.25, -0.2) is 0 Å². The summed E-state index contributed by atoms with van der Waals surface area (Å²) in [6, 6.07) is 0. The normalized spacial score (nSPS) is 57.7. The summed E-state index contributed by atoms with van der Waals surface area (Å²) >= 11 is 7.96. The van der Waals surface area contributed by atoms with Crippen molar-refractivity contribution < 1.29 is 0 Å². The fourth-order valence-electron chi connectivity index (χ4n) is 4.73. The summed E-state index contributed by atoms with van der Waals surface area (Å²) in [5.74, 6) is 4.02.